The monoisotopic (exact) mass is 433 g/mol. The molecule has 0 saturated carbocycles. The maximum Gasteiger partial charge on any atom is 0.263 e. The van der Waals surface area contributed by atoms with Crippen molar-refractivity contribution in [2.24, 2.45) is 5.92 Å². The van der Waals surface area contributed by atoms with Crippen molar-refractivity contribution in [2.45, 2.75) is 38.4 Å². The van der Waals surface area contributed by atoms with Crippen LogP contribution >= 0.6 is 34.4 Å². The molecule has 148 valence electrons. The molecule has 0 aliphatic carbocycles. The number of hydrogen-bond acceptors (Lipinski definition) is 6. The summed E-state index contributed by atoms with van der Waals surface area (Å²) in [5.74, 6) is 1.03. The second-order valence-electron chi connectivity index (χ2n) is 7.13. The van der Waals surface area contributed by atoms with E-state index in [0.717, 1.165) is 34.8 Å². The molecule has 3 aromatic heterocycles. The molecule has 8 heteroatoms. The smallest absolute Gasteiger partial charge is 0.263 e. The minimum Gasteiger partial charge on any atom is -0.342 e. The summed E-state index contributed by atoms with van der Waals surface area (Å²) in [6.45, 7) is 6.36. The van der Waals surface area contributed by atoms with Crippen LogP contribution in [0.25, 0.3) is 20.7 Å². The van der Waals surface area contributed by atoms with Crippen molar-refractivity contribution in [3.05, 3.63) is 33.2 Å². The molecule has 0 aromatic carbocycles. The van der Waals surface area contributed by atoms with E-state index in [4.69, 9.17) is 4.98 Å². The third-order valence-corrected chi connectivity index (χ3v) is 7.83. The van der Waals surface area contributed by atoms with Gasteiger partial charge in [-0.2, -0.15) is 0 Å². The quantitative estimate of drug-likeness (QED) is 0.437. The van der Waals surface area contributed by atoms with Crippen LogP contribution in [0.2, 0.25) is 0 Å². The number of aromatic nitrogens is 2. The standard InChI is InChI=1S/C20H23N3O2S3/c1-3-23-19(25)17-14(15-7-5-9-26-15)11-27-18(17)21-20(23)28-12-16(24)22-8-4-6-13(2)10-22/h5,7,9,11,13H,3-4,6,8,10,12H2,1-2H3. The normalized spacial score (nSPS) is 17.4. The number of thiophene rings is 2. The van der Waals surface area contributed by atoms with Gasteiger partial charge in [0.2, 0.25) is 5.91 Å². The molecule has 1 aliphatic rings. The van der Waals surface area contributed by atoms with Gasteiger partial charge in [0, 0.05) is 35.5 Å². The van der Waals surface area contributed by atoms with E-state index in [2.05, 4.69) is 6.92 Å². The third-order valence-electron chi connectivity index (χ3n) is 5.10. The summed E-state index contributed by atoms with van der Waals surface area (Å²) in [4.78, 5) is 34.3. The van der Waals surface area contributed by atoms with Crippen molar-refractivity contribution in [1.82, 2.24) is 14.5 Å². The summed E-state index contributed by atoms with van der Waals surface area (Å²) in [5.41, 5.74) is 0.948. The van der Waals surface area contributed by atoms with Crippen molar-refractivity contribution >= 4 is 50.6 Å². The molecule has 28 heavy (non-hydrogen) atoms. The number of carbonyl (C=O) groups is 1. The van der Waals surface area contributed by atoms with Crippen LogP contribution in [0.5, 0.6) is 0 Å². The minimum absolute atomic E-state index is 0.0151. The third kappa shape index (κ3) is 3.77. The Labute approximate surface area is 176 Å². The van der Waals surface area contributed by atoms with Gasteiger partial charge in [0.25, 0.3) is 5.56 Å². The number of fused-ring (bicyclic) bond motifs is 1. The predicted molar refractivity (Wildman–Crippen MR) is 119 cm³/mol. The van der Waals surface area contributed by atoms with E-state index in [1.807, 2.05) is 34.7 Å². The average Bonchev–Trinajstić information content (AvgIpc) is 3.35. The molecule has 0 bridgehead atoms. The molecule has 1 unspecified atom stereocenters. The molecule has 1 aliphatic heterocycles. The zero-order valence-electron chi connectivity index (χ0n) is 16.0. The van der Waals surface area contributed by atoms with Crippen LogP contribution in [0.3, 0.4) is 0 Å². The van der Waals surface area contributed by atoms with Gasteiger partial charge in [0.15, 0.2) is 5.16 Å². The van der Waals surface area contributed by atoms with E-state index in [1.165, 1.54) is 29.5 Å². The highest BCUT2D eigenvalue weighted by Crippen LogP contribution is 2.34. The predicted octanol–water partition coefficient (Wildman–Crippen LogP) is 4.56. The lowest BCUT2D eigenvalue weighted by Gasteiger charge is -2.30. The number of likely N-dealkylation sites (tertiary alicyclic amines) is 1. The number of piperidine rings is 1. The summed E-state index contributed by atoms with van der Waals surface area (Å²) in [6.07, 6.45) is 2.26. The van der Waals surface area contributed by atoms with Crippen molar-refractivity contribution < 1.29 is 4.79 Å². The zero-order valence-corrected chi connectivity index (χ0v) is 18.5. The van der Waals surface area contributed by atoms with E-state index < -0.39 is 0 Å². The maximum atomic E-state index is 13.2. The fourth-order valence-corrected chi connectivity index (χ4v) is 6.41. The van der Waals surface area contributed by atoms with Gasteiger partial charge in [-0.05, 0) is 37.1 Å². The first-order valence-electron chi connectivity index (χ1n) is 9.55. The van der Waals surface area contributed by atoms with Crippen LogP contribution in [0.1, 0.15) is 26.7 Å². The van der Waals surface area contributed by atoms with Crippen LogP contribution in [0.4, 0.5) is 0 Å². The largest absolute Gasteiger partial charge is 0.342 e. The maximum absolute atomic E-state index is 13.2. The van der Waals surface area contributed by atoms with E-state index in [9.17, 15) is 9.59 Å². The fourth-order valence-electron chi connectivity index (χ4n) is 3.64. The highest BCUT2D eigenvalue weighted by atomic mass is 32.2. The molecule has 0 spiro atoms. The molecule has 3 aromatic rings. The summed E-state index contributed by atoms with van der Waals surface area (Å²) >= 11 is 4.50. The lowest BCUT2D eigenvalue weighted by molar-refractivity contribution is -0.130. The van der Waals surface area contributed by atoms with E-state index >= 15 is 0 Å². The molecule has 1 amide bonds. The molecule has 1 atom stereocenters. The second-order valence-corrected chi connectivity index (χ2v) is 9.87. The van der Waals surface area contributed by atoms with Gasteiger partial charge in [-0.25, -0.2) is 4.98 Å². The lowest BCUT2D eigenvalue weighted by atomic mass is 10.0. The van der Waals surface area contributed by atoms with Gasteiger partial charge in [-0.3, -0.25) is 14.2 Å². The Morgan fingerprint density at radius 3 is 2.96 bits per heavy atom. The number of rotatable bonds is 5. The van der Waals surface area contributed by atoms with Gasteiger partial charge in [-0.1, -0.05) is 24.8 Å². The number of hydrogen-bond donors (Lipinski definition) is 0. The van der Waals surface area contributed by atoms with E-state index in [-0.39, 0.29) is 11.5 Å². The Morgan fingerprint density at radius 1 is 1.39 bits per heavy atom. The lowest BCUT2D eigenvalue weighted by Crippen LogP contribution is -2.40. The molecule has 1 saturated heterocycles. The fraction of sp³-hybridized carbons (Fsp3) is 0.450. The Morgan fingerprint density at radius 2 is 2.25 bits per heavy atom. The Bertz CT molecular complexity index is 1040. The van der Waals surface area contributed by atoms with Crippen molar-refractivity contribution in [3.8, 4) is 10.4 Å². The molecular formula is C20H23N3O2S3. The van der Waals surface area contributed by atoms with Crippen LogP contribution in [-0.4, -0.2) is 39.2 Å². The van der Waals surface area contributed by atoms with Crippen LogP contribution in [-0.2, 0) is 11.3 Å². The topological polar surface area (TPSA) is 55.2 Å². The Hall–Kier alpha value is -1.64. The van der Waals surface area contributed by atoms with E-state index in [1.54, 1.807) is 15.9 Å². The van der Waals surface area contributed by atoms with Gasteiger partial charge in [0.1, 0.15) is 4.83 Å². The molecule has 5 nitrogen and oxygen atoms in total. The minimum atomic E-state index is -0.0151. The summed E-state index contributed by atoms with van der Waals surface area (Å²) in [5, 5.41) is 5.36. The Balaban J connectivity index is 1.61. The number of amides is 1. The zero-order chi connectivity index (χ0) is 19.7. The van der Waals surface area contributed by atoms with Gasteiger partial charge in [0.05, 0.1) is 11.1 Å². The van der Waals surface area contributed by atoms with Crippen LogP contribution < -0.4 is 5.56 Å². The van der Waals surface area contributed by atoms with Gasteiger partial charge >= 0.3 is 0 Å². The number of nitrogens with zero attached hydrogens (tertiary/aromatic N) is 3. The Kier molecular flexibility index (Phi) is 5.89. The molecule has 4 rings (SSSR count). The van der Waals surface area contributed by atoms with Crippen molar-refractivity contribution in [3.63, 3.8) is 0 Å². The number of carbonyl (C=O) groups excluding carboxylic acids is 1. The highest BCUT2D eigenvalue weighted by molar-refractivity contribution is 7.99. The molecule has 0 N–H and O–H groups in total. The summed E-state index contributed by atoms with van der Waals surface area (Å²) in [6, 6.07) is 4.02. The second kappa shape index (κ2) is 8.39. The molecule has 1 fully saturated rings. The first-order chi connectivity index (χ1) is 13.6. The summed E-state index contributed by atoms with van der Waals surface area (Å²) in [7, 11) is 0. The first kappa shape index (κ1) is 19.7. The molecular weight excluding hydrogens is 410 g/mol. The van der Waals surface area contributed by atoms with Gasteiger partial charge < -0.3 is 4.90 Å². The SMILES string of the molecule is CCn1c(SCC(=O)N2CCCC(C)C2)nc2scc(-c3cccs3)c2c1=O. The first-order valence-corrected chi connectivity index (χ1v) is 12.3. The van der Waals surface area contributed by atoms with E-state index in [0.29, 0.717) is 28.8 Å². The molecule has 4 heterocycles. The number of thioether (sulfide) groups is 1. The van der Waals surface area contributed by atoms with Crippen molar-refractivity contribution in [1.29, 1.82) is 0 Å². The molecule has 0 radical (unpaired) electrons. The van der Waals surface area contributed by atoms with Crippen molar-refractivity contribution in [2.75, 3.05) is 18.8 Å². The summed E-state index contributed by atoms with van der Waals surface area (Å²) < 4.78 is 1.70. The van der Waals surface area contributed by atoms with Gasteiger partial charge in [-0.15, -0.1) is 22.7 Å². The van der Waals surface area contributed by atoms with Crippen LogP contribution in [0.15, 0.2) is 32.8 Å². The highest BCUT2D eigenvalue weighted by Gasteiger charge is 2.22. The average molecular weight is 434 g/mol. The van der Waals surface area contributed by atoms with Crippen LogP contribution in [0, 0.1) is 5.92 Å².